The van der Waals surface area contributed by atoms with Gasteiger partial charge in [0.2, 0.25) is 0 Å². The Labute approximate surface area is 114 Å². The van der Waals surface area contributed by atoms with Crippen LogP contribution in [0.15, 0.2) is 73.3 Å². The monoisotopic (exact) mass is 250 g/mol. The molecule has 1 nitrogen and oxygen atoms in total. The molecule has 96 valence electrons. The first-order valence-electron chi connectivity index (χ1n) is 6.70. The lowest BCUT2D eigenvalue weighted by Gasteiger charge is -2.29. The maximum atomic E-state index is 5.91. The van der Waals surface area contributed by atoms with Gasteiger partial charge in [0.25, 0.3) is 0 Å². The van der Waals surface area contributed by atoms with Crippen molar-refractivity contribution in [3.05, 3.63) is 84.4 Å². The smallest absolute Gasteiger partial charge is 0.0766 e. The van der Waals surface area contributed by atoms with Crippen LogP contribution in [0, 0.1) is 0 Å². The molecule has 2 aromatic carbocycles. The van der Waals surface area contributed by atoms with Crippen LogP contribution in [-0.2, 0) is 10.2 Å². The first kappa shape index (κ1) is 12.2. The van der Waals surface area contributed by atoms with Gasteiger partial charge in [-0.3, -0.25) is 0 Å². The zero-order valence-electron chi connectivity index (χ0n) is 11.0. The van der Waals surface area contributed by atoms with Crippen LogP contribution >= 0.6 is 0 Å². The summed E-state index contributed by atoms with van der Waals surface area (Å²) in [4.78, 5) is 0. The Morgan fingerprint density at radius 3 is 1.89 bits per heavy atom. The van der Waals surface area contributed by atoms with Crippen LogP contribution < -0.4 is 0 Å². The third kappa shape index (κ3) is 2.11. The number of rotatable bonds is 3. The summed E-state index contributed by atoms with van der Waals surface area (Å²) < 4.78 is 5.91. The van der Waals surface area contributed by atoms with E-state index in [9.17, 15) is 0 Å². The maximum absolute atomic E-state index is 5.91. The lowest BCUT2D eigenvalue weighted by Crippen LogP contribution is -2.28. The van der Waals surface area contributed by atoms with E-state index in [1.54, 1.807) is 0 Å². The molecule has 0 aromatic heterocycles. The van der Waals surface area contributed by atoms with Crippen LogP contribution in [0.25, 0.3) is 0 Å². The van der Waals surface area contributed by atoms with Crippen molar-refractivity contribution in [1.82, 2.24) is 0 Å². The predicted molar refractivity (Wildman–Crippen MR) is 78.2 cm³/mol. The van der Waals surface area contributed by atoms with Gasteiger partial charge in [0.1, 0.15) is 0 Å². The van der Waals surface area contributed by atoms with Crippen molar-refractivity contribution >= 4 is 0 Å². The SMILES string of the molecule is C=C[C@@H]1CC(c2ccccc2)(c2ccccc2)CO1. The molecule has 1 aliphatic rings. The Kier molecular flexibility index (Phi) is 3.22. The van der Waals surface area contributed by atoms with Gasteiger partial charge in [0.05, 0.1) is 12.7 Å². The van der Waals surface area contributed by atoms with Crippen LogP contribution in [0.1, 0.15) is 17.5 Å². The molecule has 1 saturated heterocycles. The van der Waals surface area contributed by atoms with Gasteiger partial charge in [-0.05, 0) is 17.5 Å². The molecule has 0 radical (unpaired) electrons. The van der Waals surface area contributed by atoms with Crippen molar-refractivity contribution in [3.8, 4) is 0 Å². The van der Waals surface area contributed by atoms with Crippen LogP contribution in [-0.4, -0.2) is 12.7 Å². The van der Waals surface area contributed by atoms with Crippen LogP contribution in [0.4, 0.5) is 0 Å². The molecule has 1 fully saturated rings. The average Bonchev–Trinajstić information content (AvgIpc) is 2.95. The van der Waals surface area contributed by atoms with Gasteiger partial charge in [-0.25, -0.2) is 0 Å². The molecular weight excluding hydrogens is 232 g/mol. The van der Waals surface area contributed by atoms with E-state index in [2.05, 4.69) is 67.2 Å². The molecule has 1 heterocycles. The highest BCUT2D eigenvalue weighted by Gasteiger charge is 2.41. The molecule has 0 aliphatic carbocycles. The summed E-state index contributed by atoms with van der Waals surface area (Å²) >= 11 is 0. The summed E-state index contributed by atoms with van der Waals surface area (Å²) in [5, 5.41) is 0. The van der Waals surface area contributed by atoms with Gasteiger partial charge in [-0.1, -0.05) is 66.7 Å². The van der Waals surface area contributed by atoms with E-state index in [4.69, 9.17) is 4.74 Å². The summed E-state index contributed by atoms with van der Waals surface area (Å²) in [6.07, 6.45) is 3.01. The number of benzene rings is 2. The van der Waals surface area contributed by atoms with Gasteiger partial charge >= 0.3 is 0 Å². The van der Waals surface area contributed by atoms with Gasteiger partial charge in [0, 0.05) is 5.41 Å². The van der Waals surface area contributed by atoms with E-state index in [0.717, 1.165) is 13.0 Å². The lowest BCUT2D eigenvalue weighted by molar-refractivity contribution is 0.138. The Bertz CT molecular complexity index is 505. The zero-order chi connectivity index (χ0) is 13.1. The third-order valence-electron chi connectivity index (χ3n) is 4.01. The Hall–Kier alpha value is -1.86. The molecule has 0 N–H and O–H groups in total. The van der Waals surface area contributed by atoms with Crippen molar-refractivity contribution in [2.24, 2.45) is 0 Å². The van der Waals surface area contributed by atoms with Gasteiger partial charge in [-0.2, -0.15) is 0 Å². The third-order valence-corrected chi connectivity index (χ3v) is 4.01. The quantitative estimate of drug-likeness (QED) is 0.749. The second kappa shape index (κ2) is 5.02. The highest BCUT2D eigenvalue weighted by molar-refractivity contribution is 5.41. The summed E-state index contributed by atoms with van der Waals surface area (Å²) in [5.74, 6) is 0. The Morgan fingerprint density at radius 2 is 1.47 bits per heavy atom. The van der Waals surface area contributed by atoms with Crippen molar-refractivity contribution in [1.29, 1.82) is 0 Å². The molecule has 3 rings (SSSR count). The standard InChI is InChI=1S/C18H18O/c1-2-17-13-18(14-19-17,15-9-5-3-6-10-15)16-11-7-4-8-12-16/h2-12,17H,1,13-14H2/t17-/m1/s1. The van der Waals surface area contributed by atoms with Crippen LogP contribution in [0.2, 0.25) is 0 Å². The Balaban J connectivity index is 2.10. The topological polar surface area (TPSA) is 9.23 Å². The van der Waals surface area contributed by atoms with E-state index in [1.165, 1.54) is 11.1 Å². The minimum atomic E-state index is -0.0403. The Morgan fingerprint density at radius 1 is 0.947 bits per heavy atom. The number of hydrogen-bond acceptors (Lipinski definition) is 1. The largest absolute Gasteiger partial charge is 0.373 e. The highest BCUT2D eigenvalue weighted by Crippen LogP contribution is 2.42. The first-order chi connectivity index (χ1) is 9.35. The molecule has 0 bridgehead atoms. The second-order valence-corrected chi connectivity index (χ2v) is 5.10. The minimum absolute atomic E-state index is 0.0403. The normalized spacial score (nSPS) is 21.2. The van der Waals surface area contributed by atoms with E-state index in [1.807, 2.05) is 6.08 Å². The summed E-state index contributed by atoms with van der Waals surface area (Å²) in [6, 6.07) is 21.3. The van der Waals surface area contributed by atoms with Crippen molar-refractivity contribution in [3.63, 3.8) is 0 Å². The maximum Gasteiger partial charge on any atom is 0.0766 e. The fourth-order valence-corrected chi connectivity index (χ4v) is 2.95. The lowest BCUT2D eigenvalue weighted by atomic mass is 9.73. The molecule has 2 aromatic rings. The zero-order valence-corrected chi connectivity index (χ0v) is 11.0. The minimum Gasteiger partial charge on any atom is -0.373 e. The first-order valence-corrected chi connectivity index (χ1v) is 6.70. The molecular formula is C18H18O. The van der Waals surface area contributed by atoms with Crippen LogP contribution in [0.5, 0.6) is 0 Å². The molecule has 0 saturated carbocycles. The molecule has 1 heteroatoms. The predicted octanol–water partition coefficient (Wildman–Crippen LogP) is 3.95. The summed E-state index contributed by atoms with van der Waals surface area (Å²) in [5.41, 5.74) is 2.61. The molecule has 0 spiro atoms. The van der Waals surface area contributed by atoms with E-state index < -0.39 is 0 Å². The molecule has 1 atom stereocenters. The fraction of sp³-hybridized carbons (Fsp3) is 0.222. The van der Waals surface area contributed by atoms with Gasteiger partial charge in [0.15, 0.2) is 0 Å². The molecule has 19 heavy (non-hydrogen) atoms. The molecule has 0 amide bonds. The highest BCUT2D eigenvalue weighted by atomic mass is 16.5. The van der Waals surface area contributed by atoms with Gasteiger partial charge in [-0.15, -0.1) is 6.58 Å². The second-order valence-electron chi connectivity index (χ2n) is 5.10. The summed E-state index contributed by atoms with van der Waals surface area (Å²) in [6.45, 7) is 4.59. The summed E-state index contributed by atoms with van der Waals surface area (Å²) in [7, 11) is 0. The van der Waals surface area contributed by atoms with Crippen molar-refractivity contribution in [2.75, 3.05) is 6.61 Å². The van der Waals surface area contributed by atoms with E-state index in [0.29, 0.717) is 0 Å². The van der Waals surface area contributed by atoms with E-state index >= 15 is 0 Å². The van der Waals surface area contributed by atoms with Gasteiger partial charge < -0.3 is 4.74 Å². The van der Waals surface area contributed by atoms with Crippen molar-refractivity contribution < 1.29 is 4.74 Å². The average molecular weight is 250 g/mol. The molecule has 0 unspecified atom stereocenters. The van der Waals surface area contributed by atoms with Crippen molar-refractivity contribution in [2.45, 2.75) is 17.9 Å². The number of ether oxygens (including phenoxy) is 1. The van der Waals surface area contributed by atoms with E-state index in [-0.39, 0.29) is 11.5 Å². The van der Waals surface area contributed by atoms with Crippen LogP contribution in [0.3, 0.4) is 0 Å². The molecule has 1 aliphatic heterocycles. The fourth-order valence-electron chi connectivity index (χ4n) is 2.95. The number of hydrogen-bond donors (Lipinski definition) is 0.